The molecule has 0 saturated carbocycles. The van der Waals surface area contributed by atoms with Crippen molar-refractivity contribution in [1.29, 1.82) is 0 Å². The standard InChI is InChI=1S/C25H21BrN4O4S/c1-34-20-9-5-6-18(14-20)27-22(31)15-21-24(33)29(19-7-3-2-4-8-19)25(35)30(21)28-23(32)16-10-12-17(26)13-11-16/h2-14,21H,15H2,1H3,(H,27,31)(H,28,32). The molecule has 1 fully saturated rings. The van der Waals surface area contributed by atoms with Gasteiger partial charge in [-0.2, -0.15) is 0 Å². The van der Waals surface area contributed by atoms with Gasteiger partial charge in [-0.25, -0.2) is 5.01 Å². The third kappa shape index (κ3) is 5.50. The van der Waals surface area contributed by atoms with E-state index in [1.807, 2.05) is 6.07 Å². The number of methoxy groups -OCH3 is 1. The molecule has 178 valence electrons. The van der Waals surface area contributed by atoms with E-state index in [0.29, 0.717) is 22.7 Å². The number of hydrazine groups is 1. The SMILES string of the molecule is COc1cccc(NC(=O)CC2C(=O)N(c3ccccc3)C(=S)N2NC(=O)c2ccc(Br)cc2)c1. The monoisotopic (exact) mass is 552 g/mol. The first-order valence-electron chi connectivity index (χ1n) is 10.6. The number of benzene rings is 3. The van der Waals surface area contributed by atoms with E-state index >= 15 is 0 Å². The first kappa shape index (κ1) is 24.4. The van der Waals surface area contributed by atoms with E-state index in [2.05, 4.69) is 26.7 Å². The Morgan fingerprint density at radius 1 is 1.03 bits per heavy atom. The molecule has 1 atom stereocenters. The summed E-state index contributed by atoms with van der Waals surface area (Å²) in [6, 6.07) is 21.4. The Morgan fingerprint density at radius 2 is 1.74 bits per heavy atom. The van der Waals surface area contributed by atoms with Gasteiger partial charge in [0.25, 0.3) is 11.8 Å². The maximum atomic E-state index is 13.4. The number of hydrogen-bond donors (Lipinski definition) is 2. The van der Waals surface area contributed by atoms with E-state index in [0.717, 1.165) is 4.47 Å². The van der Waals surface area contributed by atoms with Crippen molar-refractivity contribution in [3.63, 3.8) is 0 Å². The molecule has 0 aliphatic carbocycles. The van der Waals surface area contributed by atoms with E-state index in [4.69, 9.17) is 17.0 Å². The fourth-order valence-corrected chi connectivity index (χ4v) is 4.21. The number of para-hydroxylation sites is 1. The van der Waals surface area contributed by atoms with E-state index < -0.39 is 23.8 Å². The predicted octanol–water partition coefficient (Wildman–Crippen LogP) is 4.13. The van der Waals surface area contributed by atoms with Crippen molar-refractivity contribution in [2.24, 2.45) is 0 Å². The highest BCUT2D eigenvalue weighted by molar-refractivity contribution is 9.10. The van der Waals surface area contributed by atoms with Crippen LogP contribution in [0, 0.1) is 0 Å². The molecule has 1 heterocycles. The van der Waals surface area contributed by atoms with Gasteiger partial charge in [-0.3, -0.25) is 24.7 Å². The quantitative estimate of drug-likeness (QED) is 0.428. The highest BCUT2D eigenvalue weighted by Gasteiger charge is 2.45. The van der Waals surface area contributed by atoms with Crippen LogP contribution in [0.25, 0.3) is 0 Å². The van der Waals surface area contributed by atoms with Crippen molar-refractivity contribution in [3.05, 3.63) is 88.9 Å². The lowest BCUT2D eigenvalue weighted by Gasteiger charge is -2.24. The first-order valence-corrected chi connectivity index (χ1v) is 11.8. The van der Waals surface area contributed by atoms with Gasteiger partial charge < -0.3 is 10.1 Å². The van der Waals surface area contributed by atoms with Crippen LogP contribution in [0.2, 0.25) is 0 Å². The van der Waals surface area contributed by atoms with Crippen molar-refractivity contribution in [2.75, 3.05) is 17.3 Å². The molecule has 3 amide bonds. The van der Waals surface area contributed by atoms with Gasteiger partial charge in [-0.05, 0) is 60.7 Å². The zero-order valence-corrected chi connectivity index (χ0v) is 21.0. The molecule has 10 heteroatoms. The summed E-state index contributed by atoms with van der Waals surface area (Å²) in [4.78, 5) is 40.6. The van der Waals surface area contributed by atoms with Crippen molar-refractivity contribution in [1.82, 2.24) is 10.4 Å². The van der Waals surface area contributed by atoms with Gasteiger partial charge in [-0.1, -0.05) is 40.2 Å². The molecule has 8 nitrogen and oxygen atoms in total. The van der Waals surface area contributed by atoms with Crippen LogP contribution in [0.3, 0.4) is 0 Å². The van der Waals surface area contributed by atoms with E-state index in [1.54, 1.807) is 72.8 Å². The van der Waals surface area contributed by atoms with Gasteiger partial charge in [0.05, 0.1) is 19.2 Å². The smallest absolute Gasteiger partial charge is 0.269 e. The summed E-state index contributed by atoms with van der Waals surface area (Å²) in [6.07, 6.45) is -0.236. The molecule has 4 rings (SSSR count). The van der Waals surface area contributed by atoms with Crippen LogP contribution in [-0.4, -0.2) is 41.0 Å². The number of carbonyl (C=O) groups is 3. The lowest BCUT2D eigenvalue weighted by Crippen LogP contribution is -2.49. The average Bonchev–Trinajstić information content (AvgIpc) is 3.08. The molecule has 1 aliphatic rings. The number of hydrogen-bond acceptors (Lipinski definition) is 5. The van der Waals surface area contributed by atoms with Crippen molar-refractivity contribution < 1.29 is 19.1 Å². The third-order valence-corrected chi connectivity index (χ3v) is 6.20. The van der Waals surface area contributed by atoms with Crippen molar-refractivity contribution >= 4 is 62.4 Å². The molecule has 2 N–H and O–H groups in total. The summed E-state index contributed by atoms with van der Waals surface area (Å²) in [5.41, 5.74) is 4.15. The number of thiocarbonyl (C=S) groups is 1. The van der Waals surface area contributed by atoms with Gasteiger partial charge >= 0.3 is 0 Å². The minimum absolute atomic E-state index is 0.0749. The summed E-state index contributed by atoms with van der Waals surface area (Å²) < 4.78 is 6.01. The van der Waals surface area contributed by atoms with Gasteiger partial charge in [-0.15, -0.1) is 0 Å². The summed E-state index contributed by atoms with van der Waals surface area (Å²) in [5, 5.41) is 4.12. The summed E-state index contributed by atoms with van der Waals surface area (Å²) in [6.45, 7) is 0. The largest absolute Gasteiger partial charge is 0.497 e. The molecule has 1 saturated heterocycles. The van der Waals surface area contributed by atoms with Crippen LogP contribution >= 0.6 is 28.1 Å². The van der Waals surface area contributed by atoms with Crippen LogP contribution in [-0.2, 0) is 9.59 Å². The number of rotatable bonds is 7. The number of halogens is 1. The van der Waals surface area contributed by atoms with Gasteiger partial charge in [0.15, 0.2) is 0 Å². The Kier molecular flexibility index (Phi) is 7.42. The molecule has 3 aromatic rings. The lowest BCUT2D eigenvalue weighted by atomic mass is 10.1. The Labute approximate surface area is 216 Å². The van der Waals surface area contributed by atoms with Crippen LogP contribution in [0.15, 0.2) is 83.3 Å². The molecule has 0 bridgehead atoms. The van der Waals surface area contributed by atoms with Crippen LogP contribution in [0.5, 0.6) is 5.75 Å². The highest BCUT2D eigenvalue weighted by atomic mass is 79.9. The summed E-state index contributed by atoms with van der Waals surface area (Å²) in [5.74, 6) is -0.712. The van der Waals surface area contributed by atoms with Crippen LogP contribution < -0.4 is 20.4 Å². The van der Waals surface area contributed by atoms with E-state index in [-0.39, 0.29) is 11.5 Å². The second-order valence-corrected chi connectivity index (χ2v) is 8.89. The van der Waals surface area contributed by atoms with E-state index in [9.17, 15) is 14.4 Å². The number of anilines is 2. The molecule has 0 spiro atoms. The molecule has 0 radical (unpaired) electrons. The minimum Gasteiger partial charge on any atom is -0.497 e. The summed E-state index contributed by atoms with van der Waals surface area (Å²) in [7, 11) is 1.53. The molecule has 1 unspecified atom stereocenters. The van der Waals surface area contributed by atoms with Crippen LogP contribution in [0.4, 0.5) is 11.4 Å². The zero-order chi connectivity index (χ0) is 24.9. The average molecular weight is 553 g/mol. The zero-order valence-electron chi connectivity index (χ0n) is 18.6. The van der Waals surface area contributed by atoms with Crippen molar-refractivity contribution in [2.45, 2.75) is 12.5 Å². The van der Waals surface area contributed by atoms with Gasteiger partial charge in [0, 0.05) is 21.8 Å². The number of nitrogens with zero attached hydrogens (tertiary/aromatic N) is 2. The van der Waals surface area contributed by atoms with Crippen LogP contribution in [0.1, 0.15) is 16.8 Å². The Balaban J connectivity index is 1.58. The van der Waals surface area contributed by atoms with E-state index in [1.165, 1.54) is 17.0 Å². The normalized spacial score (nSPS) is 15.2. The molecule has 35 heavy (non-hydrogen) atoms. The lowest BCUT2D eigenvalue weighted by molar-refractivity contribution is -0.124. The third-order valence-electron chi connectivity index (χ3n) is 5.29. The Hall–Kier alpha value is -3.76. The second-order valence-electron chi connectivity index (χ2n) is 7.61. The predicted molar refractivity (Wildman–Crippen MR) is 140 cm³/mol. The molecular formula is C25H21BrN4O4S. The second kappa shape index (κ2) is 10.7. The topological polar surface area (TPSA) is 91.0 Å². The molecular weight excluding hydrogens is 532 g/mol. The Bertz CT molecular complexity index is 1270. The number of carbonyl (C=O) groups excluding carboxylic acids is 3. The molecule has 0 aromatic heterocycles. The highest BCUT2D eigenvalue weighted by Crippen LogP contribution is 2.26. The fraction of sp³-hybridized carbons (Fsp3) is 0.120. The number of amides is 3. The van der Waals surface area contributed by atoms with Crippen molar-refractivity contribution in [3.8, 4) is 5.75 Å². The molecule has 3 aromatic carbocycles. The number of nitrogens with one attached hydrogen (secondary N) is 2. The maximum Gasteiger partial charge on any atom is 0.269 e. The van der Waals surface area contributed by atoms with Gasteiger partial charge in [0.2, 0.25) is 11.0 Å². The number of ether oxygens (including phenoxy) is 1. The summed E-state index contributed by atoms with van der Waals surface area (Å²) >= 11 is 8.90. The Morgan fingerprint density at radius 3 is 2.43 bits per heavy atom. The molecule has 1 aliphatic heterocycles. The fourth-order valence-electron chi connectivity index (χ4n) is 3.58. The van der Waals surface area contributed by atoms with Gasteiger partial charge in [0.1, 0.15) is 11.8 Å². The maximum absolute atomic E-state index is 13.4. The minimum atomic E-state index is -1.03. The first-order chi connectivity index (χ1) is 16.9.